The van der Waals surface area contributed by atoms with Gasteiger partial charge >= 0.3 is 0 Å². The maximum absolute atomic E-state index is 13.1. The van der Waals surface area contributed by atoms with E-state index in [0.29, 0.717) is 29.4 Å². The maximum Gasteiger partial charge on any atom is 0.253 e. The quantitative estimate of drug-likeness (QED) is 0.837. The first-order valence-corrected chi connectivity index (χ1v) is 10.5. The number of piperazine rings is 2. The fraction of sp³-hybridized carbons (Fsp3) is 0.435. The molecule has 2 saturated heterocycles. The first-order valence-electron chi connectivity index (χ1n) is 10.1. The van der Waals surface area contributed by atoms with E-state index in [9.17, 15) is 9.90 Å². The molecule has 29 heavy (non-hydrogen) atoms. The van der Waals surface area contributed by atoms with Gasteiger partial charge in [-0.15, -0.1) is 0 Å². The van der Waals surface area contributed by atoms with Crippen LogP contribution in [0.15, 0.2) is 48.5 Å². The van der Waals surface area contributed by atoms with Gasteiger partial charge in [-0.1, -0.05) is 29.8 Å². The van der Waals surface area contributed by atoms with Crippen molar-refractivity contribution in [2.75, 3.05) is 32.7 Å². The Bertz CT molecular complexity index is 884. The molecule has 2 aromatic carbocycles. The van der Waals surface area contributed by atoms with E-state index in [2.05, 4.69) is 23.6 Å². The molecule has 2 aromatic rings. The highest BCUT2D eigenvalue weighted by Crippen LogP contribution is 2.30. The number of nitrogens with zero attached hydrogens (tertiary/aromatic N) is 3. The van der Waals surface area contributed by atoms with Crippen molar-refractivity contribution in [2.24, 2.45) is 0 Å². The predicted octanol–water partition coefficient (Wildman–Crippen LogP) is 3.47. The largest absolute Gasteiger partial charge is 0.508 e. The van der Waals surface area contributed by atoms with Crippen molar-refractivity contribution >= 4 is 17.5 Å². The Morgan fingerprint density at radius 2 is 1.83 bits per heavy atom. The molecule has 0 radical (unpaired) electrons. The van der Waals surface area contributed by atoms with E-state index in [1.165, 1.54) is 0 Å². The van der Waals surface area contributed by atoms with Gasteiger partial charge < -0.3 is 10.0 Å². The molecule has 5 nitrogen and oxygen atoms in total. The lowest BCUT2D eigenvalue weighted by Gasteiger charge is -2.55. The number of rotatable bonds is 3. The molecule has 0 spiro atoms. The minimum Gasteiger partial charge on any atom is -0.508 e. The van der Waals surface area contributed by atoms with Crippen LogP contribution in [0, 0.1) is 0 Å². The zero-order valence-electron chi connectivity index (χ0n) is 17.0. The third-order valence-electron chi connectivity index (χ3n) is 6.12. The lowest BCUT2D eigenvalue weighted by molar-refractivity contribution is -0.0578. The van der Waals surface area contributed by atoms with Crippen LogP contribution in [0.25, 0.3) is 0 Å². The number of phenols is 1. The predicted molar refractivity (Wildman–Crippen MR) is 115 cm³/mol. The van der Waals surface area contributed by atoms with Gasteiger partial charge in [-0.05, 0) is 44.2 Å². The Labute approximate surface area is 177 Å². The van der Waals surface area contributed by atoms with Gasteiger partial charge in [0.1, 0.15) is 5.75 Å². The highest BCUT2D eigenvalue weighted by Gasteiger charge is 2.43. The van der Waals surface area contributed by atoms with Crippen molar-refractivity contribution in [3.05, 3.63) is 64.7 Å². The number of benzene rings is 2. The lowest BCUT2D eigenvalue weighted by atomic mass is 9.92. The number of para-hydroxylation sites is 1. The van der Waals surface area contributed by atoms with E-state index < -0.39 is 0 Å². The molecule has 0 saturated carbocycles. The Balaban J connectivity index is 1.49. The van der Waals surface area contributed by atoms with Crippen LogP contribution in [0.3, 0.4) is 0 Å². The first kappa shape index (κ1) is 20.2. The van der Waals surface area contributed by atoms with E-state index >= 15 is 0 Å². The van der Waals surface area contributed by atoms with Crippen LogP contribution < -0.4 is 0 Å². The first-order chi connectivity index (χ1) is 13.8. The fourth-order valence-electron chi connectivity index (χ4n) is 4.71. The topological polar surface area (TPSA) is 47.0 Å². The van der Waals surface area contributed by atoms with Gasteiger partial charge in [-0.2, -0.15) is 0 Å². The Morgan fingerprint density at radius 3 is 2.55 bits per heavy atom. The van der Waals surface area contributed by atoms with Crippen molar-refractivity contribution in [1.82, 2.24) is 14.7 Å². The summed E-state index contributed by atoms with van der Waals surface area (Å²) in [5.41, 5.74) is 1.55. The van der Waals surface area contributed by atoms with Crippen molar-refractivity contribution < 1.29 is 9.90 Å². The molecule has 2 aliphatic rings. The van der Waals surface area contributed by atoms with Crippen LogP contribution in [0.1, 0.15) is 29.8 Å². The number of hydrogen-bond acceptors (Lipinski definition) is 4. The molecule has 0 aliphatic carbocycles. The van der Waals surface area contributed by atoms with Crippen LogP contribution >= 0.6 is 11.6 Å². The van der Waals surface area contributed by atoms with Crippen molar-refractivity contribution in [3.8, 4) is 5.75 Å². The summed E-state index contributed by atoms with van der Waals surface area (Å²) in [6.45, 7) is 9.39. The summed E-state index contributed by atoms with van der Waals surface area (Å²) in [6, 6.07) is 14.9. The molecule has 1 amide bonds. The van der Waals surface area contributed by atoms with E-state index in [1.807, 2.05) is 23.1 Å². The van der Waals surface area contributed by atoms with Gasteiger partial charge in [0.05, 0.1) is 0 Å². The zero-order chi connectivity index (χ0) is 20.6. The highest BCUT2D eigenvalue weighted by atomic mass is 35.5. The summed E-state index contributed by atoms with van der Waals surface area (Å²) in [7, 11) is 0. The average Bonchev–Trinajstić information content (AvgIpc) is 2.69. The minimum absolute atomic E-state index is 0.0622. The number of hydrogen-bond donors (Lipinski definition) is 1. The van der Waals surface area contributed by atoms with E-state index in [1.54, 1.807) is 30.3 Å². The number of fused-ring (bicyclic) bond motifs is 1. The summed E-state index contributed by atoms with van der Waals surface area (Å²) in [6.07, 6.45) is 0. The molecule has 2 heterocycles. The normalized spacial score (nSPS) is 22.3. The molecule has 2 aliphatic heterocycles. The monoisotopic (exact) mass is 413 g/mol. The Kier molecular flexibility index (Phi) is 5.56. The van der Waals surface area contributed by atoms with Crippen LogP contribution in [0.4, 0.5) is 0 Å². The number of carbonyl (C=O) groups excluding carboxylic acids is 1. The summed E-state index contributed by atoms with van der Waals surface area (Å²) in [5.74, 6) is 0.408. The molecule has 0 aromatic heterocycles. The smallest absolute Gasteiger partial charge is 0.253 e. The number of amides is 1. The Morgan fingerprint density at radius 1 is 1.10 bits per heavy atom. The average molecular weight is 414 g/mol. The minimum atomic E-state index is -0.0774. The van der Waals surface area contributed by atoms with Gasteiger partial charge in [0.2, 0.25) is 0 Å². The van der Waals surface area contributed by atoms with Gasteiger partial charge in [0.25, 0.3) is 5.91 Å². The van der Waals surface area contributed by atoms with Gasteiger partial charge in [0, 0.05) is 67.0 Å². The number of carbonyl (C=O) groups is 1. The molecule has 154 valence electrons. The van der Waals surface area contributed by atoms with Gasteiger partial charge in [0.15, 0.2) is 0 Å². The standard InChI is InChI=1S/C23H28ClN3O2/c1-23(2)16-26(22(29)17-7-9-19(24)10-8-17)15-20-14-25(11-12-27(20)23)13-18-5-3-4-6-21(18)28/h3-10,20,28H,11-16H2,1-2H3. The zero-order valence-corrected chi connectivity index (χ0v) is 17.8. The highest BCUT2D eigenvalue weighted by molar-refractivity contribution is 6.30. The molecule has 2 fully saturated rings. The second-order valence-corrected chi connectivity index (χ2v) is 9.15. The Hall–Kier alpha value is -2.08. The van der Waals surface area contributed by atoms with Crippen LogP contribution in [0.5, 0.6) is 5.75 Å². The summed E-state index contributed by atoms with van der Waals surface area (Å²) in [5, 5.41) is 10.8. The molecule has 4 rings (SSSR count). The van der Waals surface area contributed by atoms with Gasteiger partial charge in [-0.3, -0.25) is 14.6 Å². The summed E-state index contributed by atoms with van der Waals surface area (Å²) in [4.78, 5) is 20.0. The van der Waals surface area contributed by atoms with Crippen molar-refractivity contribution in [1.29, 1.82) is 0 Å². The molecule has 6 heteroatoms. The number of halogens is 1. The molecule has 1 N–H and O–H groups in total. The molecular formula is C23H28ClN3O2. The molecule has 1 unspecified atom stereocenters. The third-order valence-corrected chi connectivity index (χ3v) is 6.37. The molecule has 0 bridgehead atoms. The number of aromatic hydroxyl groups is 1. The van der Waals surface area contributed by atoms with E-state index in [0.717, 1.165) is 31.7 Å². The second-order valence-electron chi connectivity index (χ2n) is 8.72. The second kappa shape index (κ2) is 7.98. The summed E-state index contributed by atoms with van der Waals surface area (Å²) < 4.78 is 0. The SMILES string of the molecule is CC1(C)CN(C(=O)c2ccc(Cl)cc2)CC2CN(Cc3ccccc3O)CCN21. The van der Waals surface area contributed by atoms with Crippen LogP contribution in [-0.4, -0.2) is 70.0 Å². The third kappa shape index (κ3) is 4.27. The summed E-state index contributed by atoms with van der Waals surface area (Å²) >= 11 is 5.98. The molecular weight excluding hydrogens is 386 g/mol. The van der Waals surface area contributed by atoms with E-state index in [-0.39, 0.29) is 17.5 Å². The molecule has 1 atom stereocenters. The van der Waals surface area contributed by atoms with Crippen molar-refractivity contribution in [2.45, 2.75) is 32.0 Å². The lowest BCUT2D eigenvalue weighted by Crippen LogP contribution is -2.70. The van der Waals surface area contributed by atoms with Crippen molar-refractivity contribution in [3.63, 3.8) is 0 Å². The number of phenolic OH excluding ortho intramolecular Hbond substituents is 1. The van der Waals surface area contributed by atoms with E-state index in [4.69, 9.17) is 11.6 Å². The van der Waals surface area contributed by atoms with Crippen LogP contribution in [0.2, 0.25) is 5.02 Å². The maximum atomic E-state index is 13.1. The van der Waals surface area contributed by atoms with Crippen LogP contribution in [-0.2, 0) is 6.54 Å². The van der Waals surface area contributed by atoms with Gasteiger partial charge in [-0.25, -0.2) is 0 Å². The fourth-order valence-corrected chi connectivity index (χ4v) is 4.83.